The summed E-state index contributed by atoms with van der Waals surface area (Å²) < 4.78 is 22.1. The average Bonchev–Trinajstić information content (AvgIpc) is 3.55. The molecule has 4 nitrogen and oxygen atoms in total. The van der Waals surface area contributed by atoms with Gasteiger partial charge in [-0.1, -0.05) is 32.0 Å². The van der Waals surface area contributed by atoms with E-state index in [1.807, 2.05) is 0 Å². The van der Waals surface area contributed by atoms with Gasteiger partial charge in [-0.2, -0.15) is 0 Å². The first kappa shape index (κ1) is 18.3. The van der Waals surface area contributed by atoms with Crippen LogP contribution in [0.2, 0.25) is 0 Å². The smallest absolute Gasteiger partial charge is 0.122 e. The molecule has 2 fully saturated rings. The molecule has 0 saturated carbocycles. The van der Waals surface area contributed by atoms with E-state index in [0.29, 0.717) is 13.2 Å². The molecule has 0 N–H and O–H groups in total. The van der Waals surface area contributed by atoms with Crippen molar-refractivity contribution in [3.8, 4) is 11.5 Å². The zero-order chi connectivity index (χ0) is 19.0. The summed E-state index contributed by atoms with van der Waals surface area (Å²) in [5.41, 5.74) is 4.95. The Morgan fingerprint density at radius 1 is 0.852 bits per heavy atom. The van der Waals surface area contributed by atoms with Crippen LogP contribution in [0.4, 0.5) is 0 Å². The van der Waals surface area contributed by atoms with Crippen molar-refractivity contribution in [3.63, 3.8) is 0 Å². The minimum atomic E-state index is -0.106. The molecule has 2 unspecified atom stereocenters. The third-order valence-electron chi connectivity index (χ3n) is 5.65. The number of rotatable bonds is 8. The molecule has 144 valence electrons. The molecule has 4 heteroatoms. The summed E-state index contributed by atoms with van der Waals surface area (Å²) in [6, 6.07) is 12.7. The molecule has 2 aliphatic rings. The Bertz CT molecular complexity index is 802. The van der Waals surface area contributed by atoms with Gasteiger partial charge in [-0.3, -0.25) is 0 Å². The number of epoxide rings is 2. The van der Waals surface area contributed by atoms with E-state index in [4.69, 9.17) is 18.9 Å². The van der Waals surface area contributed by atoms with Crippen molar-refractivity contribution in [3.05, 3.63) is 58.7 Å². The Kier molecular flexibility index (Phi) is 4.87. The highest BCUT2D eigenvalue weighted by molar-refractivity contribution is 5.50. The summed E-state index contributed by atoms with van der Waals surface area (Å²) in [6.45, 7) is 11.7. The van der Waals surface area contributed by atoms with Crippen LogP contribution < -0.4 is 9.47 Å². The standard InChI is InChI=1S/C23H28O4/c1-15-16(2)22(27-14-20-13-26-20)10-9-21(15)23(3,4)17-5-7-18(8-6-17)24-11-19-12-25-19/h5-10,19-20H,11-14H2,1-4H3. The maximum Gasteiger partial charge on any atom is 0.122 e. The molecule has 2 atom stereocenters. The van der Waals surface area contributed by atoms with Gasteiger partial charge in [-0.05, 0) is 54.3 Å². The van der Waals surface area contributed by atoms with Crippen LogP contribution in [0.25, 0.3) is 0 Å². The summed E-state index contributed by atoms with van der Waals surface area (Å²) in [5.74, 6) is 1.84. The summed E-state index contributed by atoms with van der Waals surface area (Å²) in [7, 11) is 0. The van der Waals surface area contributed by atoms with Crippen LogP contribution in [0.1, 0.15) is 36.1 Å². The number of benzene rings is 2. The maximum absolute atomic E-state index is 5.93. The van der Waals surface area contributed by atoms with Crippen LogP contribution >= 0.6 is 0 Å². The summed E-state index contributed by atoms with van der Waals surface area (Å²) >= 11 is 0. The number of hydrogen-bond acceptors (Lipinski definition) is 4. The summed E-state index contributed by atoms with van der Waals surface area (Å²) in [4.78, 5) is 0. The van der Waals surface area contributed by atoms with Gasteiger partial charge in [-0.15, -0.1) is 0 Å². The second-order valence-corrected chi connectivity index (χ2v) is 8.04. The van der Waals surface area contributed by atoms with E-state index in [-0.39, 0.29) is 17.6 Å². The van der Waals surface area contributed by atoms with E-state index in [9.17, 15) is 0 Å². The lowest BCUT2D eigenvalue weighted by atomic mass is 9.75. The van der Waals surface area contributed by atoms with Crippen LogP contribution in [0.15, 0.2) is 36.4 Å². The minimum Gasteiger partial charge on any atom is -0.491 e. The van der Waals surface area contributed by atoms with Crippen molar-refractivity contribution in [2.75, 3.05) is 26.4 Å². The van der Waals surface area contributed by atoms with E-state index in [1.54, 1.807) is 0 Å². The highest BCUT2D eigenvalue weighted by Gasteiger charge is 2.28. The zero-order valence-corrected chi connectivity index (χ0v) is 16.6. The molecule has 2 aromatic rings. The third-order valence-corrected chi connectivity index (χ3v) is 5.65. The maximum atomic E-state index is 5.93. The molecule has 2 aromatic carbocycles. The molecule has 0 bridgehead atoms. The molecule has 0 aliphatic carbocycles. The highest BCUT2D eigenvalue weighted by atomic mass is 16.6. The van der Waals surface area contributed by atoms with Crippen molar-refractivity contribution < 1.29 is 18.9 Å². The van der Waals surface area contributed by atoms with Gasteiger partial charge in [0, 0.05) is 5.41 Å². The van der Waals surface area contributed by atoms with Gasteiger partial charge in [0.1, 0.15) is 36.9 Å². The fourth-order valence-electron chi connectivity index (χ4n) is 3.45. The van der Waals surface area contributed by atoms with Crippen LogP contribution in [0.5, 0.6) is 11.5 Å². The highest BCUT2D eigenvalue weighted by Crippen LogP contribution is 2.37. The molecular formula is C23H28O4. The van der Waals surface area contributed by atoms with Gasteiger partial charge in [0.05, 0.1) is 13.2 Å². The Balaban J connectivity index is 1.51. The largest absolute Gasteiger partial charge is 0.491 e. The van der Waals surface area contributed by atoms with Crippen LogP contribution in [0.3, 0.4) is 0 Å². The first-order valence-corrected chi connectivity index (χ1v) is 9.65. The molecular weight excluding hydrogens is 340 g/mol. The lowest BCUT2D eigenvalue weighted by Gasteiger charge is -2.29. The molecule has 2 saturated heterocycles. The third kappa shape index (κ3) is 4.12. The number of ether oxygens (including phenoxy) is 4. The van der Waals surface area contributed by atoms with Gasteiger partial charge in [0.15, 0.2) is 0 Å². The Morgan fingerprint density at radius 3 is 2.04 bits per heavy atom. The van der Waals surface area contributed by atoms with Gasteiger partial charge in [-0.25, -0.2) is 0 Å². The average molecular weight is 368 g/mol. The predicted octanol–water partition coefficient (Wildman–Crippen LogP) is 4.18. The van der Waals surface area contributed by atoms with Crippen molar-refractivity contribution in [2.45, 2.75) is 45.3 Å². The normalized spacial score (nSPS) is 21.0. The van der Waals surface area contributed by atoms with Crippen molar-refractivity contribution in [1.29, 1.82) is 0 Å². The number of hydrogen-bond donors (Lipinski definition) is 0. The molecule has 4 rings (SSSR count). The fourth-order valence-corrected chi connectivity index (χ4v) is 3.45. The molecule has 27 heavy (non-hydrogen) atoms. The van der Waals surface area contributed by atoms with E-state index in [1.165, 1.54) is 22.3 Å². The summed E-state index contributed by atoms with van der Waals surface area (Å²) in [6.07, 6.45) is 0.548. The Labute approximate surface area is 161 Å². The van der Waals surface area contributed by atoms with Gasteiger partial charge in [0.25, 0.3) is 0 Å². The van der Waals surface area contributed by atoms with E-state index in [0.717, 1.165) is 24.7 Å². The van der Waals surface area contributed by atoms with Crippen LogP contribution in [0, 0.1) is 13.8 Å². The molecule has 2 aliphatic heterocycles. The first-order valence-electron chi connectivity index (χ1n) is 9.65. The first-order chi connectivity index (χ1) is 12.9. The molecule has 0 aromatic heterocycles. The molecule has 0 radical (unpaired) electrons. The lowest BCUT2D eigenvalue weighted by Crippen LogP contribution is -2.21. The quantitative estimate of drug-likeness (QED) is 0.656. The van der Waals surface area contributed by atoms with Gasteiger partial charge >= 0.3 is 0 Å². The molecule has 0 amide bonds. The monoisotopic (exact) mass is 368 g/mol. The fraction of sp³-hybridized carbons (Fsp3) is 0.478. The SMILES string of the molecule is Cc1c(OCC2CO2)ccc(C(C)(C)c2ccc(OCC3CO3)cc2)c1C. The zero-order valence-electron chi connectivity index (χ0n) is 16.6. The predicted molar refractivity (Wildman–Crippen MR) is 105 cm³/mol. The van der Waals surface area contributed by atoms with Gasteiger partial charge in [0.2, 0.25) is 0 Å². The van der Waals surface area contributed by atoms with E-state index in [2.05, 4.69) is 64.1 Å². The van der Waals surface area contributed by atoms with Crippen molar-refractivity contribution in [2.24, 2.45) is 0 Å². The molecule has 0 spiro atoms. The second kappa shape index (κ2) is 7.17. The topological polar surface area (TPSA) is 43.5 Å². The van der Waals surface area contributed by atoms with E-state index < -0.39 is 0 Å². The lowest BCUT2D eigenvalue weighted by molar-refractivity contribution is 0.261. The van der Waals surface area contributed by atoms with Crippen molar-refractivity contribution in [1.82, 2.24) is 0 Å². The van der Waals surface area contributed by atoms with E-state index >= 15 is 0 Å². The molecule has 2 heterocycles. The minimum absolute atomic E-state index is 0.106. The van der Waals surface area contributed by atoms with Crippen LogP contribution in [-0.4, -0.2) is 38.6 Å². The second-order valence-electron chi connectivity index (χ2n) is 8.04. The Hall–Kier alpha value is -2.04. The summed E-state index contributed by atoms with van der Waals surface area (Å²) in [5, 5.41) is 0. The van der Waals surface area contributed by atoms with Gasteiger partial charge < -0.3 is 18.9 Å². The van der Waals surface area contributed by atoms with Crippen molar-refractivity contribution >= 4 is 0 Å². The Morgan fingerprint density at radius 2 is 1.44 bits per heavy atom. The van der Waals surface area contributed by atoms with Crippen LogP contribution in [-0.2, 0) is 14.9 Å².